The van der Waals surface area contributed by atoms with Crippen molar-refractivity contribution >= 4 is 5.91 Å². The number of carbonyl (C=O) groups excluding carboxylic acids is 1. The number of hydrogen-bond donors (Lipinski definition) is 1. The van der Waals surface area contributed by atoms with Gasteiger partial charge in [0.15, 0.2) is 0 Å². The number of nitrogens with zero attached hydrogens (tertiary/aromatic N) is 2. The van der Waals surface area contributed by atoms with Gasteiger partial charge in [-0.3, -0.25) is 9.48 Å². The van der Waals surface area contributed by atoms with Crippen LogP contribution < -0.4 is 10.1 Å². The molecule has 21 heavy (non-hydrogen) atoms. The first-order valence-electron chi connectivity index (χ1n) is 7.18. The smallest absolute Gasteiger partial charge is 0.269 e. The summed E-state index contributed by atoms with van der Waals surface area (Å²) in [5.41, 5.74) is 1.71. The highest BCUT2D eigenvalue weighted by Gasteiger charge is 2.08. The molecule has 0 saturated carbocycles. The van der Waals surface area contributed by atoms with Gasteiger partial charge >= 0.3 is 0 Å². The number of benzene rings is 1. The number of hydrogen-bond acceptors (Lipinski definition) is 3. The molecule has 1 aromatic heterocycles. The normalized spacial score (nSPS) is 10.4. The SMILES string of the molecule is CCCOc1cccc(CCNC(=O)c2ccnn2C)c1. The fraction of sp³-hybridized carbons (Fsp3) is 0.375. The molecule has 5 heteroatoms. The number of nitrogens with one attached hydrogen (secondary N) is 1. The molecule has 1 amide bonds. The molecule has 0 unspecified atom stereocenters. The molecule has 0 aliphatic rings. The third-order valence-electron chi connectivity index (χ3n) is 3.12. The Hall–Kier alpha value is -2.30. The van der Waals surface area contributed by atoms with E-state index in [0.717, 1.165) is 30.8 Å². The highest BCUT2D eigenvalue weighted by Crippen LogP contribution is 2.13. The van der Waals surface area contributed by atoms with E-state index in [9.17, 15) is 4.79 Å². The largest absolute Gasteiger partial charge is 0.494 e. The molecule has 0 aliphatic carbocycles. The zero-order valence-electron chi connectivity index (χ0n) is 12.5. The minimum atomic E-state index is -0.103. The third-order valence-corrected chi connectivity index (χ3v) is 3.12. The second-order valence-electron chi connectivity index (χ2n) is 4.84. The van der Waals surface area contributed by atoms with Crippen molar-refractivity contribution in [2.75, 3.05) is 13.2 Å². The molecule has 1 heterocycles. The summed E-state index contributed by atoms with van der Waals surface area (Å²) in [5, 5.41) is 6.88. The molecule has 2 aromatic rings. The fourth-order valence-corrected chi connectivity index (χ4v) is 2.02. The Morgan fingerprint density at radius 3 is 2.95 bits per heavy atom. The Kier molecular flexibility index (Phi) is 5.37. The van der Waals surface area contributed by atoms with Crippen LogP contribution in [-0.2, 0) is 13.5 Å². The van der Waals surface area contributed by atoms with E-state index in [4.69, 9.17) is 4.74 Å². The Bertz CT molecular complexity index is 593. The van der Waals surface area contributed by atoms with Crippen molar-refractivity contribution in [3.63, 3.8) is 0 Å². The van der Waals surface area contributed by atoms with E-state index >= 15 is 0 Å². The van der Waals surface area contributed by atoms with Crippen molar-refractivity contribution in [2.24, 2.45) is 7.05 Å². The topological polar surface area (TPSA) is 56.1 Å². The molecule has 0 fully saturated rings. The van der Waals surface area contributed by atoms with E-state index in [1.54, 1.807) is 24.0 Å². The van der Waals surface area contributed by atoms with Gasteiger partial charge in [-0.1, -0.05) is 19.1 Å². The first-order valence-corrected chi connectivity index (χ1v) is 7.18. The number of rotatable bonds is 7. The average molecular weight is 287 g/mol. The van der Waals surface area contributed by atoms with Crippen LogP contribution in [-0.4, -0.2) is 28.8 Å². The Balaban J connectivity index is 1.83. The highest BCUT2D eigenvalue weighted by molar-refractivity contribution is 5.92. The summed E-state index contributed by atoms with van der Waals surface area (Å²) in [4.78, 5) is 11.9. The molecule has 0 atom stereocenters. The van der Waals surface area contributed by atoms with Crippen LogP contribution >= 0.6 is 0 Å². The second kappa shape index (κ2) is 7.47. The summed E-state index contributed by atoms with van der Waals surface area (Å²) in [5.74, 6) is 0.778. The molecular weight excluding hydrogens is 266 g/mol. The minimum Gasteiger partial charge on any atom is -0.494 e. The average Bonchev–Trinajstić information content (AvgIpc) is 2.92. The van der Waals surface area contributed by atoms with Crippen molar-refractivity contribution < 1.29 is 9.53 Å². The second-order valence-corrected chi connectivity index (χ2v) is 4.84. The Morgan fingerprint density at radius 2 is 2.24 bits per heavy atom. The Morgan fingerprint density at radius 1 is 1.38 bits per heavy atom. The van der Waals surface area contributed by atoms with Gasteiger partial charge in [0.2, 0.25) is 0 Å². The quantitative estimate of drug-likeness (QED) is 0.849. The van der Waals surface area contributed by atoms with E-state index in [-0.39, 0.29) is 5.91 Å². The molecule has 0 radical (unpaired) electrons. The van der Waals surface area contributed by atoms with E-state index in [2.05, 4.69) is 17.3 Å². The summed E-state index contributed by atoms with van der Waals surface area (Å²) >= 11 is 0. The summed E-state index contributed by atoms with van der Waals surface area (Å²) < 4.78 is 7.16. The van der Waals surface area contributed by atoms with Crippen molar-refractivity contribution in [3.8, 4) is 5.75 Å². The van der Waals surface area contributed by atoms with Crippen LogP contribution in [0.1, 0.15) is 29.4 Å². The lowest BCUT2D eigenvalue weighted by Gasteiger charge is -2.08. The lowest BCUT2D eigenvalue weighted by atomic mass is 10.1. The zero-order chi connectivity index (χ0) is 15.1. The molecule has 1 N–H and O–H groups in total. The fourth-order valence-electron chi connectivity index (χ4n) is 2.02. The lowest BCUT2D eigenvalue weighted by Crippen LogP contribution is -2.27. The van der Waals surface area contributed by atoms with Crippen molar-refractivity contribution in [1.29, 1.82) is 0 Å². The van der Waals surface area contributed by atoms with Gasteiger partial charge in [-0.15, -0.1) is 0 Å². The van der Waals surface area contributed by atoms with E-state index in [1.807, 2.05) is 24.3 Å². The van der Waals surface area contributed by atoms with Crippen molar-refractivity contribution in [1.82, 2.24) is 15.1 Å². The molecule has 5 nitrogen and oxygen atoms in total. The maximum atomic E-state index is 11.9. The number of ether oxygens (including phenoxy) is 1. The van der Waals surface area contributed by atoms with Gasteiger partial charge in [0, 0.05) is 19.8 Å². The predicted octanol–water partition coefficient (Wildman–Crippen LogP) is 2.18. The van der Waals surface area contributed by atoms with Gasteiger partial charge in [-0.25, -0.2) is 0 Å². The van der Waals surface area contributed by atoms with Gasteiger partial charge in [0.05, 0.1) is 6.61 Å². The maximum Gasteiger partial charge on any atom is 0.269 e. The molecule has 0 spiro atoms. The molecule has 2 rings (SSSR count). The minimum absolute atomic E-state index is 0.103. The van der Waals surface area contributed by atoms with Gasteiger partial charge < -0.3 is 10.1 Å². The maximum absolute atomic E-state index is 11.9. The molecule has 1 aromatic carbocycles. The standard InChI is InChI=1S/C16H21N3O2/c1-3-11-21-14-6-4-5-13(12-14)7-9-17-16(20)15-8-10-18-19(15)2/h4-6,8,10,12H,3,7,9,11H2,1-2H3,(H,17,20). The highest BCUT2D eigenvalue weighted by atomic mass is 16.5. The molecule has 112 valence electrons. The van der Waals surface area contributed by atoms with E-state index < -0.39 is 0 Å². The summed E-state index contributed by atoms with van der Waals surface area (Å²) in [6.07, 6.45) is 3.38. The lowest BCUT2D eigenvalue weighted by molar-refractivity contribution is 0.0945. The summed E-state index contributed by atoms with van der Waals surface area (Å²) in [7, 11) is 1.75. The van der Waals surface area contributed by atoms with Gasteiger partial charge in [0.25, 0.3) is 5.91 Å². The molecular formula is C16H21N3O2. The third kappa shape index (κ3) is 4.34. The van der Waals surface area contributed by atoms with Crippen LogP contribution in [0.3, 0.4) is 0 Å². The van der Waals surface area contributed by atoms with Crippen molar-refractivity contribution in [3.05, 3.63) is 47.8 Å². The number of amides is 1. The van der Waals surface area contributed by atoms with E-state index in [0.29, 0.717) is 12.2 Å². The number of aromatic nitrogens is 2. The van der Waals surface area contributed by atoms with Crippen LogP contribution in [0.5, 0.6) is 5.75 Å². The molecule has 0 bridgehead atoms. The van der Waals surface area contributed by atoms with Crippen LogP contribution in [0.4, 0.5) is 0 Å². The Labute approximate surface area is 124 Å². The van der Waals surface area contributed by atoms with Crippen LogP contribution in [0.15, 0.2) is 36.5 Å². The zero-order valence-corrected chi connectivity index (χ0v) is 12.5. The van der Waals surface area contributed by atoms with Crippen molar-refractivity contribution in [2.45, 2.75) is 19.8 Å². The summed E-state index contributed by atoms with van der Waals surface area (Å²) in [6, 6.07) is 9.69. The van der Waals surface area contributed by atoms with Crippen LogP contribution in [0.2, 0.25) is 0 Å². The monoisotopic (exact) mass is 287 g/mol. The number of carbonyl (C=O) groups is 1. The summed E-state index contributed by atoms with van der Waals surface area (Å²) in [6.45, 7) is 3.39. The van der Waals surface area contributed by atoms with Gasteiger partial charge in [-0.05, 0) is 36.6 Å². The van der Waals surface area contributed by atoms with Crippen LogP contribution in [0, 0.1) is 0 Å². The van der Waals surface area contributed by atoms with E-state index in [1.165, 1.54) is 0 Å². The molecule has 0 saturated heterocycles. The first-order chi connectivity index (χ1) is 10.2. The first kappa shape index (κ1) is 15.1. The molecule has 0 aliphatic heterocycles. The number of aryl methyl sites for hydroxylation is 1. The predicted molar refractivity (Wildman–Crippen MR) is 81.5 cm³/mol. The van der Waals surface area contributed by atoms with Gasteiger partial charge in [-0.2, -0.15) is 5.10 Å². The van der Waals surface area contributed by atoms with Crippen LogP contribution in [0.25, 0.3) is 0 Å². The van der Waals surface area contributed by atoms with Gasteiger partial charge in [0.1, 0.15) is 11.4 Å².